The number of benzene rings is 2. The molecule has 1 saturated heterocycles. The van der Waals surface area contributed by atoms with Crippen LogP contribution in [0, 0.1) is 0 Å². The van der Waals surface area contributed by atoms with Crippen LogP contribution in [0.25, 0.3) is 16.9 Å². The number of aliphatic hydroxyl groups excluding tert-OH is 1. The van der Waals surface area contributed by atoms with Gasteiger partial charge in [0.05, 0.1) is 17.5 Å². The summed E-state index contributed by atoms with van der Waals surface area (Å²) < 4.78 is 1.80. The summed E-state index contributed by atoms with van der Waals surface area (Å²) in [5.41, 5.74) is 3.17. The zero-order chi connectivity index (χ0) is 17.2. The third kappa shape index (κ3) is 3.06. The number of para-hydroxylation sites is 1. The molecule has 0 radical (unpaired) electrons. The molecule has 4 rings (SSSR count). The molecule has 5 nitrogen and oxygen atoms in total. The highest BCUT2D eigenvalue weighted by atomic mass is 16.3. The van der Waals surface area contributed by atoms with Crippen LogP contribution in [0.1, 0.15) is 16.9 Å². The molecule has 25 heavy (non-hydrogen) atoms. The molecule has 1 amide bonds. The molecule has 126 valence electrons. The predicted octanol–water partition coefficient (Wildman–Crippen LogP) is 2.75. The summed E-state index contributed by atoms with van der Waals surface area (Å²) in [6.45, 7) is 0.941. The molecule has 0 aliphatic carbocycles. The number of carbonyl (C=O) groups is 1. The number of nitrogens with zero attached hydrogens (tertiary/aromatic N) is 3. The summed E-state index contributed by atoms with van der Waals surface area (Å²) in [5, 5.41) is 14.3. The van der Waals surface area contributed by atoms with Gasteiger partial charge in [0.1, 0.15) is 0 Å². The monoisotopic (exact) mass is 333 g/mol. The lowest BCUT2D eigenvalue weighted by Gasteiger charge is -2.13. The summed E-state index contributed by atoms with van der Waals surface area (Å²) in [6.07, 6.45) is 0.185. The van der Waals surface area contributed by atoms with Gasteiger partial charge >= 0.3 is 0 Å². The number of likely N-dealkylation sites (tertiary alicyclic amines) is 1. The van der Waals surface area contributed by atoms with Gasteiger partial charge in [0, 0.05) is 18.7 Å². The Kier molecular flexibility index (Phi) is 4.07. The van der Waals surface area contributed by atoms with E-state index in [1.807, 2.05) is 66.7 Å². The van der Waals surface area contributed by atoms with Crippen LogP contribution >= 0.6 is 0 Å². The van der Waals surface area contributed by atoms with Gasteiger partial charge in [-0.1, -0.05) is 48.5 Å². The van der Waals surface area contributed by atoms with Crippen LogP contribution in [-0.4, -0.2) is 44.9 Å². The van der Waals surface area contributed by atoms with Crippen LogP contribution in [0.4, 0.5) is 0 Å². The van der Waals surface area contributed by atoms with Crippen LogP contribution in [0.5, 0.6) is 0 Å². The van der Waals surface area contributed by atoms with Crippen molar-refractivity contribution in [2.24, 2.45) is 0 Å². The molecule has 3 aromatic rings. The minimum Gasteiger partial charge on any atom is -0.391 e. The van der Waals surface area contributed by atoms with E-state index >= 15 is 0 Å². The van der Waals surface area contributed by atoms with E-state index in [4.69, 9.17) is 0 Å². The molecular formula is C20H19N3O2. The Morgan fingerprint density at radius 2 is 1.72 bits per heavy atom. The van der Waals surface area contributed by atoms with Gasteiger partial charge in [-0.05, 0) is 24.6 Å². The fourth-order valence-corrected chi connectivity index (χ4v) is 3.15. The Hall–Kier alpha value is -2.92. The minimum atomic E-state index is -0.436. The van der Waals surface area contributed by atoms with Crippen LogP contribution in [-0.2, 0) is 0 Å². The second-order valence-corrected chi connectivity index (χ2v) is 6.22. The molecule has 2 heterocycles. The average molecular weight is 333 g/mol. The first-order valence-corrected chi connectivity index (χ1v) is 8.40. The van der Waals surface area contributed by atoms with Crippen molar-refractivity contribution in [2.75, 3.05) is 13.1 Å². The third-order valence-electron chi connectivity index (χ3n) is 4.45. The molecule has 1 atom stereocenters. The maximum absolute atomic E-state index is 12.8. The molecule has 0 bridgehead atoms. The Balaban J connectivity index is 1.77. The summed E-state index contributed by atoms with van der Waals surface area (Å²) in [4.78, 5) is 14.4. The molecule has 0 spiro atoms. The van der Waals surface area contributed by atoms with Gasteiger partial charge in [-0.25, -0.2) is 4.68 Å². The maximum Gasteiger partial charge on any atom is 0.274 e. The lowest BCUT2D eigenvalue weighted by molar-refractivity contribution is 0.0759. The van der Waals surface area contributed by atoms with Crippen LogP contribution in [0.3, 0.4) is 0 Å². The first-order valence-electron chi connectivity index (χ1n) is 8.40. The second-order valence-electron chi connectivity index (χ2n) is 6.22. The van der Waals surface area contributed by atoms with E-state index in [1.54, 1.807) is 9.58 Å². The summed E-state index contributed by atoms with van der Waals surface area (Å²) in [6, 6.07) is 21.5. The predicted molar refractivity (Wildman–Crippen MR) is 95.5 cm³/mol. The number of hydrogen-bond donors (Lipinski definition) is 1. The molecule has 5 heteroatoms. The number of amides is 1. The highest BCUT2D eigenvalue weighted by Gasteiger charge is 2.28. The van der Waals surface area contributed by atoms with E-state index in [1.165, 1.54) is 0 Å². The van der Waals surface area contributed by atoms with Crippen molar-refractivity contribution < 1.29 is 9.90 Å². The fraction of sp³-hybridized carbons (Fsp3) is 0.200. The summed E-state index contributed by atoms with van der Waals surface area (Å²) >= 11 is 0. The van der Waals surface area contributed by atoms with Crippen molar-refractivity contribution in [3.8, 4) is 16.9 Å². The van der Waals surface area contributed by atoms with Gasteiger partial charge in [-0.15, -0.1) is 0 Å². The van der Waals surface area contributed by atoms with Crippen molar-refractivity contribution in [1.82, 2.24) is 14.7 Å². The smallest absolute Gasteiger partial charge is 0.274 e. The minimum absolute atomic E-state index is 0.136. The van der Waals surface area contributed by atoms with E-state index in [0.29, 0.717) is 25.2 Å². The van der Waals surface area contributed by atoms with E-state index < -0.39 is 6.10 Å². The molecule has 1 fully saturated rings. The first-order chi connectivity index (χ1) is 12.2. The normalized spacial score (nSPS) is 17.0. The molecule has 0 saturated carbocycles. The lowest BCUT2D eigenvalue weighted by atomic mass is 10.1. The molecule has 1 aliphatic heterocycles. The van der Waals surface area contributed by atoms with E-state index in [2.05, 4.69) is 5.10 Å². The van der Waals surface area contributed by atoms with Crippen LogP contribution in [0.2, 0.25) is 0 Å². The van der Waals surface area contributed by atoms with Gasteiger partial charge in [0.15, 0.2) is 5.69 Å². The van der Waals surface area contributed by atoms with E-state index in [9.17, 15) is 9.90 Å². The van der Waals surface area contributed by atoms with Crippen molar-refractivity contribution in [3.05, 3.63) is 72.4 Å². The van der Waals surface area contributed by atoms with Crippen molar-refractivity contribution in [3.63, 3.8) is 0 Å². The zero-order valence-electron chi connectivity index (χ0n) is 13.7. The number of rotatable bonds is 3. The van der Waals surface area contributed by atoms with Gasteiger partial charge in [-0.3, -0.25) is 4.79 Å². The number of aromatic nitrogens is 2. The highest BCUT2D eigenvalue weighted by Crippen LogP contribution is 2.25. The average Bonchev–Trinajstić information content (AvgIpc) is 3.29. The zero-order valence-corrected chi connectivity index (χ0v) is 13.7. The summed E-state index contributed by atoms with van der Waals surface area (Å²) in [7, 11) is 0. The van der Waals surface area contributed by atoms with Gasteiger partial charge in [0.2, 0.25) is 0 Å². The largest absolute Gasteiger partial charge is 0.391 e. The molecular weight excluding hydrogens is 314 g/mol. The molecule has 1 N–H and O–H groups in total. The first kappa shape index (κ1) is 15.6. The topological polar surface area (TPSA) is 58.4 Å². The number of hydrogen-bond acceptors (Lipinski definition) is 3. The highest BCUT2D eigenvalue weighted by molar-refractivity contribution is 5.94. The molecule has 2 aromatic carbocycles. The lowest BCUT2D eigenvalue weighted by Crippen LogP contribution is -2.29. The fourth-order valence-electron chi connectivity index (χ4n) is 3.15. The Labute approximate surface area is 146 Å². The quantitative estimate of drug-likeness (QED) is 0.802. The Morgan fingerprint density at radius 3 is 2.36 bits per heavy atom. The second kappa shape index (κ2) is 6.53. The van der Waals surface area contributed by atoms with Crippen LogP contribution < -0.4 is 0 Å². The van der Waals surface area contributed by atoms with Crippen molar-refractivity contribution >= 4 is 5.91 Å². The third-order valence-corrected chi connectivity index (χ3v) is 4.45. The van der Waals surface area contributed by atoms with Crippen molar-refractivity contribution in [2.45, 2.75) is 12.5 Å². The SMILES string of the molecule is O=C(c1cc(-c2ccccc2)n(-c2ccccc2)n1)N1CCC(O)C1. The maximum atomic E-state index is 12.8. The van der Waals surface area contributed by atoms with Crippen molar-refractivity contribution in [1.29, 1.82) is 0 Å². The van der Waals surface area contributed by atoms with Gasteiger partial charge < -0.3 is 10.0 Å². The summed E-state index contributed by atoms with van der Waals surface area (Å²) in [5.74, 6) is -0.136. The van der Waals surface area contributed by atoms with Gasteiger partial charge in [-0.2, -0.15) is 5.10 Å². The number of carbonyl (C=O) groups excluding carboxylic acids is 1. The van der Waals surface area contributed by atoms with Gasteiger partial charge in [0.25, 0.3) is 5.91 Å². The molecule has 1 unspecified atom stereocenters. The molecule has 1 aliphatic rings. The number of β-amino-alcohol motifs (C(OH)–C–C–N with tert-alkyl or cyclic N) is 1. The van der Waals surface area contributed by atoms with E-state index in [0.717, 1.165) is 16.9 Å². The standard InChI is InChI=1S/C20H19N3O2/c24-17-11-12-22(14-17)20(25)18-13-19(15-7-3-1-4-8-15)23(21-18)16-9-5-2-6-10-16/h1-10,13,17,24H,11-12,14H2. The molecule has 1 aromatic heterocycles. The van der Waals surface area contributed by atoms with Crippen LogP contribution in [0.15, 0.2) is 66.7 Å². The number of aliphatic hydroxyl groups is 1. The van der Waals surface area contributed by atoms with E-state index in [-0.39, 0.29) is 5.91 Å². The Morgan fingerprint density at radius 1 is 1.04 bits per heavy atom. The Bertz CT molecular complexity index is 817.